The van der Waals surface area contributed by atoms with E-state index in [1.807, 2.05) is 19.1 Å². The maximum atomic E-state index is 9.44. The summed E-state index contributed by atoms with van der Waals surface area (Å²) in [6, 6.07) is 3.77. The van der Waals surface area contributed by atoms with Gasteiger partial charge in [0.15, 0.2) is 0 Å². The molecule has 130 valence electrons. The maximum absolute atomic E-state index is 9.44. The van der Waals surface area contributed by atoms with Gasteiger partial charge in [0.1, 0.15) is 0 Å². The summed E-state index contributed by atoms with van der Waals surface area (Å²) in [5, 5.41) is 16.8. The Bertz CT molecular complexity index is 608. The summed E-state index contributed by atoms with van der Waals surface area (Å²) in [6.07, 6.45) is 5.52. The number of piperidine rings is 1. The van der Waals surface area contributed by atoms with Crippen molar-refractivity contribution in [2.24, 2.45) is 5.92 Å². The summed E-state index contributed by atoms with van der Waals surface area (Å²) >= 11 is 0. The molecule has 0 radical (unpaired) electrons. The van der Waals surface area contributed by atoms with Crippen LogP contribution in [0.3, 0.4) is 0 Å². The van der Waals surface area contributed by atoms with E-state index in [-0.39, 0.29) is 6.10 Å². The first-order chi connectivity index (χ1) is 11.7. The van der Waals surface area contributed by atoms with Crippen LogP contribution in [0.4, 0.5) is 0 Å². The van der Waals surface area contributed by atoms with Crippen LogP contribution < -0.4 is 5.32 Å². The second-order valence-corrected chi connectivity index (χ2v) is 6.48. The van der Waals surface area contributed by atoms with E-state index in [9.17, 15) is 5.11 Å². The van der Waals surface area contributed by atoms with Crippen LogP contribution in [0.5, 0.6) is 0 Å². The summed E-state index contributed by atoms with van der Waals surface area (Å²) in [5.74, 6) is 1.84. The zero-order chi connectivity index (χ0) is 16.8. The number of pyridine rings is 1. The van der Waals surface area contributed by atoms with Crippen molar-refractivity contribution in [3.8, 4) is 11.4 Å². The molecule has 0 aliphatic carbocycles. The second kappa shape index (κ2) is 8.32. The molecule has 7 heteroatoms. The van der Waals surface area contributed by atoms with Gasteiger partial charge in [0.2, 0.25) is 11.7 Å². The first-order valence-corrected chi connectivity index (χ1v) is 8.55. The molecule has 1 unspecified atom stereocenters. The van der Waals surface area contributed by atoms with Crippen LogP contribution in [0.15, 0.2) is 29.0 Å². The molecule has 0 aromatic carbocycles. The summed E-state index contributed by atoms with van der Waals surface area (Å²) in [7, 11) is 0. The number of nitrogens with zero attached hydrogens (tertiary/aromatic N) is 4. The minimum atomic E-state index is -0.244. The molecule has 1 saturated heterocycles. The van der Waals surface area contributed by atoms with Crippen molar-refractivity contribution in [1.29, 1.82) is 0 Å². The fourth-order valence-corrected chi connectivity index (χ4v) is 3.07. The topological polar surface area (TPSA) is 87.3 Å². The molecule has 7 nitrogen and oxygen atoms in total. The normalized spacial score (nSPS) is 17.9. The van der Waals surface area contributed by atoms with Crippen molar-refractivity contribution < 1.29 is 9.63 Å². The van der Waals surface area contributed by atoms with Crippen LogP contribution in [0.25, 0.3) is 11.4 Å². The summed E-state index contributed by atoms with van der Waals surface area (Å²) in [6.45, 7) is 6.28. The Morgan fingerprint density at radius 1 is 1.42 bits per heavy atom. The first kappa shape index (κ1) is 17.0. The zero-order valence-electron chi connectivity index (χ0n) is 14.1. The Hall–Kier alpha value is -1.83. The standard InChI is InChI=1S/C17H25N5O2/c1-13(23)12-22-7-4-14(5-8-22)9-19-11-16-20-17(21-24-16)15-3-2-6-18-10-15/h2-3,6,10,13-14,19,23H,4-5,7-9,11-12H2,1H3. The number of β-amino-alcohol motifs (C(OH)–C–C–N with tert-alkyl or cyclic N) is 1. The van der Waals surface area contributed by atoms with E-state index in [0.717, 1.165) is 44.6 Å². The Kier molecular flexibility index (Phi) is 5.90. The molecule has 1 atom stereocenters. The molecule has 24 heavy (non-hydrogen) atoms. The van der Waals surface area contributed by atoms with Crippen LogP contribution in [0, 0.1) is 5.92 Å². The highest BCUT2D eigenvalue weighted by Crippen LogP contribution is 2.17. The second-order valence-electron chi connectivity index (χ2n) is 6.48. The Morgan fingerprint density at radius 3 is 2.96 bits per heavy atom. The molecule has 0 spiro atoms. The van der Waals surface area contributed by atoms with Gasteiger partial charge in [-0.15, -0.1) is 0 Å². The van der Waals surface area contributed by atoms with Crippen LogP contribution in [-0.2, 0) is 6.54 Å². The van der Waals surface area contributed by atoms with Crippen LogP contribution in [-0.4, -0.2) is 57.4 Å². The lowest BCUT2D eigenvalue weighted by atomic mass is 9.96. The third-order valence-electron chi connectivity index (χ3n) is 4.33. The van der Waals surface area contributed by atoms with Crippen molar-refractivity contribution in [1.82, 2.24) is 25.3 Å². The van der Waals surface area contributed by atoms with Gasteiger partial charge in [0, 0.05) is 24.5 Å². The van der Waals surface area contributed by atoms with Crippen molar-refractivity contribution in [2.75, 3.05) is 26.2 Å². The predicted octanol–water partition coefficient (Wildman–Crippen LogP) is 1.31. The number of aliphatic hydroxyl groups excluding tert-OH is 1. The smallest absolute Gasteiger partial charge is 0.240 e. The summed E-state index contributed by atoms with van der Waals surface area (Å²) < 4.78 is 5.28. The van der Waals surface area contributed by atoms with Crippen LogP contribution in [0.1, 0.15) is 25.7 Å². The number of hydrogen-bond donors (Lipinski definition) is 2. The predicted molar refractivity (Wildman–Crippen MR) is 90.1 cm³/mol. The third-order valence-corrected chi connectivity index (χ3v) is 4.33. The zero-order valence-corrected chi connectivity index (χ0v) is 14.1. The molecule has 1 aliphatic rings. The SMILES string of the molecule is CC(O)CN1CCC(CNCc2nc(-c3cccnc3)no2)CC1. The molecular weight excluding hydrogens is 306 g/mol. The minimum Gasteiger partial charge on any atom is -0.392 e. The van der Waals surface area contributed by atoms with Gasteiger partial charge in [-0.25, -0.2) is 0 Å². The first-order valence-electron chi connectivity index (χ1n) is 8.55. The molecule has 3 heterocycles. The molecule has 3 rings (SSSR count). The number of likely N-dealkylation sites (tertiary alicyclic amines) is 1. The largest absolute Gasteiger partial charge is 0.392 e. The van der Waals surface area contributed by atoms with Gasteiger partial charge in [-0.05, 0) is 57.5 Å². The van der Waals surface area contributed by atoms with Crippen molar-refractivity contribution in [2.45, 2.75) is 32.4 Å². The summed E-state index contributed by atoms with van der Waals surface area (Å²) in [5.41, 5.74) is 0.859. The van der Waals surface area contributed by atoms with Gasteiger partial charge < -0.3 is 19.8 Å². The molecular formula is C17H25N5O2. The van der Waals surface area contributed by atoms with E-state index in [1.54, 1.807) is 12.4 Å². The number of aromatic nitrogens is 3. The highest BCUT2D eigenvalue weighted by atomic mass is 16.5. The molecule has 2 aromatic rings. The number of nitrogens with one attached hydrogen (secondary N) is 1. The lowest BCUT2D eigenvalue weighted by molar-refractivity contribution is 0.0996. The quantitative estimate of drug-likeness (QED) is 0.791. The van der Waals surface area contributed by atoms with Gasteiger partial charge in [-0.1, -0.05) is 5.16 Å². The molecule has 0 amide bonds. The third kappa shape index (κ3) is 4.83. The molecule has 1 fully saturated rings. The van der Waals surface area contributed by atoms with Crippen molar-refractivity contribution in [3.63, 3.8) is 0 Å². The van der Waals surface area contributed by atoms with E-state index in [0.29, 0.717) is 24.2 Å². The molecule has 1 aliphatic heterocycles. The highest BCUT2D eigenvalue weighted by molar-refractivity contribution is 5.51. The van der Waals surface area contributed by atoms with Crippen LogP contribution in [0.2, 0.25) is 0 Å². The fourth-order valence-electron chi connectivity index (χ4n) is 3.07. The lowest BCUT2D eigenvalue weighted by Crippen LogP contribution is -2.40. The van der Waals surface area contributed by atoms with E-state index in [1.165, 1.54) is 0 Å². The van der Waals surface area contributed by atoms with Gasteiger partial charge in [-0.2, -0.15) is 4.98 Å². The molecule has 0 saturated carbocycles. The van der Waals surface area contributed by atoms with Gasteiger partial charge in [-0.3, -0.25) is 4.98 Å². The van der Waals surface area contributed by atoms with Crippen molar-refractivity contribution in [3.05, 3.63) is 30.4 Å². The average Bonchev–Trinajstić information content (AvgIpc) is 3.06. The average molecular weight is 331 g/mol. The Labute approximate surface area is 142 Å². The van der Waals surface area contributed by atoms with E-state index in [4.69, 9.17) is 4.52 Å². The number of rotatable bonds is 7. The molecule has 2 N–H and O–H groups in total. The lowest BCUT2D eigenvalue weighted by Gasteiger charge is -2.32. The van der Waals surface area contributed by atoms with E-state index >= 15 is 0 Å². The van der Waals surface area contributed by atoms with Crippen LogP contribution >= 0.6 is 0 Å². The van der Waals surface area contributed by atoms with Gasteiger partial charge in [0.25, 0.3) is 0 Å². The van der Waals surface area contributed by atoms with Gasteiger partial charge >= 0.3 is 0 Å². The van der Waals surface area contributed by atoms with E-state index in [2.05, 4.69) is 25.3 Å². The molecule has 2 aromatic heterocycles. The van der Waals surface area contributed by atoms with Crippen molar-refractivity contribution >= 4 is 0 Å². The number of hydrogen-bond acceptors (Lipinski definition) is 7. The highest BCUT2D eigenvalue weighted by Gasteiger charge is 2.20. The fraction of sp³-hybridized carbons (Fsp3) is 0.588. The monoisotopic (exact) mass is 331 g/mol. The molecule has 0 bridgehead atoms. The Balaban J connectivity index is 1.39. The Morgan fingerprint density at radius 2 is 2.25 bits per heavy atom. The van der Waals surface area contributed by atoms with Gasteiger partial charge in [0.05, 0.1) is 12.6 Å². The van der Waals surface area contributed by atoms with E-state index < -0.39 is 0 Å². The maximum Gasteiger partial charge on any atom is 0.240 e. The minimum absolute atomic E-state index is 0.244. The number of aliphatic hydroxyl groups is 1. The summed E-state index contributed by atoms with van der Waals surface area (Å²) in [4.78, 5) is 10.8.